The van der Waals surface area contributed by atoms with E-state index in [1.54, 1.807) is 26.0 Å². The second-order valence-corrected chi connectivity index (χ2v) is 10.5. The van der Waals surface area contributed by atoms with E-state index in [0.29, 0.717) is 23.2 Å². The minimum atomic E-state index is -4.47. The fourth-order valence-corrected chi connectivity index (χ4v) is 4.93. The lowest BCUT2D eigenvalue weighted by atomic mass is 9.80. The van der Waals surface area contributed by atoms with Gasteiger partial charge in [-0.3, -0.25) is 9.48 Å². The van der Waals surface area contributed by atoms with Crippen LogP contribution in [0, 0.1) is 11.8 Å². The van der Waals surface area contributed by atoms with Crippen LogP contribution in [0.5, 0.6) is 0 Å². The third-order valence-electron chi connectivity index (χ3n) is 7.10. The van der Waals surface area contributed by atoms with Crippen molar-refractivity contribution < 1.29 is 23.1 Å². The number of rotatable bonds is 5. The lowest BCUT2D eigenvalue weighted by molar-refractivity contribution is -0.137. The first kappa shape index (κ1) is 25.2. The first-order valence-corrected chi connectivity index (χ1v) is 12.1. The number of carbonyl (C=O) groups is 1. The monoisotopic (exact) mass is 487 g/mol. The Hall–Kier alpha value is -2.87. The normalized spacial score (nSPS) is 19.3. The van der Waals surface area contributed by atoms with Gasteiger partial charge in [0.1, 0.15) is 0 Å². The van der Waals surface area contributed by atoms with Gasteiger partial charge in [0.25, 0.3) is 5.91 Å². The number of halogens is 3. The van der Waals surface area contributed by atoms with Crippen LogP contribution in [-0.2, 0) is 11.8 Å². The summed E-state index contributed by atoms with van der Waals surface area (Å²) in [7, 11) is 0. The smallest absolute Gasteiger partial charge is 0.386 e. The Balaban J connectivity index is 1.61. The minimum absolute atomic E-state index is 0.0948. The van der Waals surface area contributed by atoms with Gasteiger partial charge in [-0.1, -0.05) is 13.8 Å². The zero-order valence-corrected chi connectivity index (χ0v) is 20.5. The molecule has 4 rings (SSSR count). The van der Waals surface area contributed by atoms with E-state index in [1.165, 1.54) is 12.8 Å². The van der Waals surface area contributed by atoms with Crippen molar-refractivity contribution >= 4 is 22.5 Å². The van der Waals surface area contributed by atoms with Crippen molar-refractivity contribution in [2.24, 2.45) is 11.8 Å². The number of carbonyl (C=O) groups excluding carboxylic acids is 1. The van der Waals surface area contributed by atoms with E-state index in [4.69, 9.17) is 5.10 Å². The summed E-state index contributed by atoms with van der Waals surface area (Å²) in [5, 5.41) is 19.1. The number of aromatic nitrogens is 2. The number of alkyl halides is 3. The van der Waals surface area contributed by atoms with Gasteiger partial charge in [0, 0.05) is 28.4 Å². The molecule has 0 radical (unpaired) electrons. The molecule has 0 atom stereocenters. The number of aliphatic hydroxyl groups is 1. The van der Waals surface area contributed by atoms with Crippen molar-refractivity contribution in [3.8, 4) is 0 Å². The molecule has 1 amide bonds. The molecular weight excluding hydrogens is 455 g/mol. The third-order valence-corrected chi connectivity index (χ3v) is 7.10. The number of amides is 1. The molecule has 3 aromatic rings. The Labute approximate surface area is 203 Å². The number of nitrogens with zero attached hydrogens (tertiary/aromatic N) is 2. The molecule has 1 aromatic heterocycles. The van der Waals surface area contributed by atoms with Crippen molar-refractivity contribution in [1.82, 2.24) is 9.78 Å². The van der Waals surface area contributed by atoms with Crippen LogP contribution in [0.2, 0.25) is 0 Å². The molecule has 8 heteroatoms. The Bertz CT molecular complexity index is 1200. The lowest BCUT2D eigenvalue weighted by Crippen LogP contribution is -2.21. The van der Waals surface area contributed by atoms with Crippen LogP contribution in [0.3, 0.4) is 0 Å². The minimum Gasteiger partial charge on any atom is -0.386 e. The summed E-state index contributed by atoms with van der Waals surface area (Å²) >= 11 is 0. The van der Waals surface area contributed by atoms with Crippen LogP contribution < -0.4 is 5.32 Å². The summed E-state index contributed by atoms with van der Waals surface area (Å²) in [4.78, 5) is 12.8. The highest BCUT2D eigenvalue weighted by molar-refractivity contribution is 6.05. The average molecular weight is 488 g/mol. The maximum Gasteiger partial charge on any atom is 0.416 e. The predicted molar refractivity (Wildman–Crippen MR) is 130 cm³/mol. The summed E-state index contributed by atoms with van der Waals surface area (Å²) in [5.74, 6) is 0.867. The molecule has 0 unspecified atom stereocenters. The van der Waals surface area contributed by atoms with E-state index in [2.05, 4.69) is 19.2 Å². The van der Waals surface area contributed by atoms with E-state index in [1.807, 2.05) is 10.9 Å². The first-order chi connectivity index (χ1) is 16.3. The predicted octanol–water partition coefficient (Wildman–Crippen LogP) is 6.92. The fraction of sp³-hybridized carbons (Fsp3) is 0.481. The van der Waals surface area contributed by atoms with Gasteiger partial charge >= 0.3 is 6.18 Å². The zero-order chi connectivity index (χ0) is 25.5. The summed E-state index contributed by atoms with van der Waals surface area (Å²) < 4.78 is 40.6. The molecule has 1 aliphatic carbocycles. The van der Waals surface area contributed by atoms with Gasteiger partial charge in [-0.25, -0.2) is 0 Å². The molecule has 0 bridgehead atoms. The molecular formula is C27H32F3N3O2. The summed E-state index contributed by atoms with van der Waals surface area (Å²) in [6.07, 6.45) is 1.96. The second kappa shape index (κ2) is 9.30. The molecule has 1 aliphatic rings. The highest BCUT2D eigenvalue weighted by Gasteiger charge is 2.30. The van der Waals surface area contributed by atoms with Crippen LogP contribution in [0.1, 0.15) is 80.9 Å². The highest BCUT2D eigenvalue weighted by Crippen LogP contribution is 2.37. The van der Waals surface area contributed by atoms with Crippen molar-refractivity contribution in [1.29, 1.82) is 0 Å². The first-order valence-electron chi connectivity index (χ1n) is 12.1. The van der Waals surface area contributed by atoms with Crippen molar-refractivity contribution in [2.45, 2.75) is 71.2 Å². The SMILES string of the molecule is CC(C)C1CCC(n2cc3cc(NC(=O)c4ccc(C(F)(F)F)cc4)c(C(C)(C)O)cc3n2)CC1. The maximum absolute atomic E-state index is 12.9. The number of nitrogens with one attached hydrogen (secondary N) is 1. The standard InChI is InChI=1S/C27H32F3N3O2/c1-16(2)17-7-11-21(12-8-17)33-15-19-13-24(22(26(3,4)35)14-23(19)32-33)31-25(34)18-5-9-20(10-6-18)27(28,29)30/h5-6,9-10,13-17,21,35H,7-8,11-12H2,1-4H3,(H,31,34). The average Bonchev–Trinajstić information content (AvgIpc) is 3.20. The van der Waals surface area contributed by atoms with Crippen LogP contribution in [-0.4, -0.2) is 20.8 Å². The summed E-state index contributed by atoms with van der Waals surface area (Å²) in [6.45, 7) is 7.77. The topological polar surface area (TPSA) is 67.2 Å². The quantitative estimate of drug-likeness (QED) is 0.410. The molecule has 188 valence electrons. The van der Waals surface area contributed by atoms with E-state index < -0.39 is 23.2 Å². The largest absolute Gasteiger partial charge is 0.416 e. The molecule has 1 fully saturated rings. The van der Waals surface area contributed by atoms with E-state index in [0.717, 1.165) is 53.9 Å². The number of benzene rings is 2. The number of anilines is 1. The van der Waals surface area contributed by atoms with Gasteiger partial charge in [-0.2, -0.15) is 18.3 Å². The van der Waals surface area contributed by atoms with Crippen molar-refractivity contribution in [3.63, 3.8) is 0 Å². The number of fused-ring (bicyclic) bond motifs is 1. The molecule has 0 saturated heterocycles. The molecule has 1 saturated carbocycles. The van der Waals surface area contributed by atoms with Crippen molar-refractivity contribution in [2.75, 3.05) is 5.32 Å². The van der Waals surface area contributed by atoms with Crippen LogP contribution >= 0.6 is 0 Å². The third kappa shape index (κ3) is 5.53. The van der Waals surface area contributed by atoms with Gasteiger partial charge in [0.05, 0.1) is 22.7 Å². The van der Waals surface area contributed by atoms with E-state index >= 15 is 0 Å². The number of hydrogen-bond acceptors (Lipinski definition) is 3. The number of hydrogen-bond donors (Lipinski definition) is 2. The van der Waals surface area contributed by atoms with Gasteiger partial charge < -0.3 is 10.4 Å². The van der Waals surface area contributed by atoms with Gasteiger partial charge in [-0.15, -0.1) is 0 Å². The molecule has 35 heavy (non-hydrogen) atoms. The Morgan fingerprint density at radius 3 is 2.26 bits per heavy atom. The molecule has 1 heterocycles. The van der Waals surface area contributed by atoms with Gasteiger partial charge in [-0.05, 0) is 87.8 Å². The molecule has 5 nitrogen and oxygen atoms in total. The zero-order valence-electron chi connectivity index (χ0n) is 20.5. The molecule has 0 aliphatic heterocycles. The van der Waals surface area contributed by atoms with Gasteiger partial charge in [0.15, 0.2) is 0 Å². The molecule has 0 spiro atoms. The van der Waals surface area contributed by atoms with E-state index in [-0.39, 0.29) is 5.56 Å². The van der Waals surface area contributed by atoms with E-state index in [9.17, 15) is 23.1 Å². The molecule has 2 aromatic carbocycles. The Morgan fingerprint density at radius 2 is 1.71 bits per heavy atom. The lowest BCUT2D eigenvalue weighted by Gasteiger charge is -2.30. The van der Waals surface area contributed by atoms with Crippen LogP contribution in [0.15, 0.2) is 42.6 Å². The maximum atomic E-state index is 12.9. The molecule has 2 N–H and O–H groups in total. The Kier molecular flexibility index (Phi) is 6.70. The highest BCUT2D eigenvalue weighted by atomic mass is 19.4. The summed E-state index contributed by atoms with van der Waals surface area (Å²) in [5.41, 5.74) is -0.381. The van der Waals surface area contributed by atoms with Crippen molar-refractivity contribution in [3.05, 3.63) is 59.3 Å². The van der Waals surface area contributed by atoms with Gasteiger partial charge in [0.2, 0.25) is 0 Å². The summed E-state index contributed by atoms with van der Waals surface area (Å²) in [6, 6.07) is 7.91. The fourth-order valence-electron chi connectivity index (χ4n) is 4.93. The van der Waals surface area contributed by atoms with Crippen LogP contribution in [0.25, 0.3) is 10.9 Å². The second-order valence-electron chi connectivity index (χ2n) is 10.5. The van der Waals surface area contributed by atoms with Crippen LogP contribution in [0.4, 0.5) is 18.9 Å². The Morgan fingerprint density at radius 1 is 1.09 bits per heavy atom.